The van der Waals surface area contributed by atoms with Gasteiger partial charge in [-0.05, 0) is 61.0 Å². The number of fused-ring (bicyclic) bond motifs is 1. The van der Waals surface area contributed by atoms with E-state index in [0.29, 0.717) is 22.2 Å². The lowest BCUT2D eigenvalue weighted by Crippen LogP contribution is -2.11. The van der Waals surface area contributed by atoms with E-state index in [2.05, 4.69) is 16.0 Å². The van der Waals surface area contributed by atoms with Crippen LogP contribution < -0.4 is 10.3 Å². The molecule has 3 aromatic carbocycles. The standard InChI is InChI=1S/C28H21N5O2/c1-18-14-19(12-13-25(18)35-2)26-21(17-33(32-26)22-8-4-3-5-9-22)15-20(16-29)27-30-24-11-7-6-10-23(24)28(34)31-27/h3-15,17H,1-2H3,(H,30,31,34). The van der Waals surface area contributed by atoms with Gasteiger partial charge < -0.3 is 9.72 Å². The van der Waals surface area contributed by atoms with Gasteiger partial charge in [0.25, 0.3) is 5.56 Å². The second-order valence-electron chi connectivity index (χ2n) is 8.00. The molecule has 5 aromatic rings. The van der Waals surface area contributed by atoms with Crippen LogP contribution in [0.5, 0.6) is 5.75 Å². The lowest BCUT2D eigenvalue weighted by Gasteiger charge is -2.07. The molecular weight excluding hydrogens is 438 g/mol. The molecule has 0 aliphatic heterocycles. The molecule has 0 radical (unpaired) electrons. The number of ether oxygens (including phenoxy) is 1. The molecule has 0 aliphatic carbocycles. The summed E-state index contributed by atoms with van der Waals surface area (Å²) in [6.45, 7) is 1.97. The summed E-state index contributed by atoms with van der Waals surface area (Å²) in [6, 6.07) is 24.8. The Labute approximate surface area is 201 Å². The molecule has 5 rings (SSSR count). The molecule has 0 amide bonds. The zero-order valence-electron chi connectivity index (χ0n) is 19.2. The van der Waals surface area contributed by atoms with Crippen molar-refractivity contribution in [1.82, 2.24) is 19.7 Å². The molecule has 0 saturated carbocycles. The zero-order chi connectivity index (χ0) is 24.4. The van der Waals surface area contributed by atoms with E-state index in [9.17, 15) is 10.1 Å². The summed E-state index contributed by atoms with van der Waals surface area (Å²) in [6.07, 6.45) is 3.56. The first kappa shape index (κ1) is 21.9. The lowest BCUT2D eigenvalue weighted by atomic mass is 10.0. The van der Waals surface area contributed by atoms with Crippen molar-refractivity contribution in [3.63, 3.8) is 0 Å². The molecule has 170 valence electrons. The Morgan fingerprint density at radius 1 is 1.09 bits per heavy atom. The highest BCUT2D eigenvalue weighted by Crippen LogP contribution is 2.30. The Hall–Kier alpha value is -4.96. The minimum Gasteiger partial charge on any atom is -0.496 e. The molecular formula is C28H21N5O2. The van der Waals surface area contributed by atoms with Gasteiger partial charge >= 0.3 is 0 Å². The third-order valence-electron chi connectivity index (χ3n) is 5.72. The average molecular weight is 460 g/mol. The van der Waals surface area contributed by atoms with Gasteiger partial charge in [-0.3, -0.25) is 4.79 Å². The first-order chi connectivity index (χ1) is 17.1. The van der Waals surface area contributed by atoms with Crippen LogP contribution in [0.4, 0.5) is 0 Å². The zero-order valence-corrected chi connectivity index (χ0v) is 19.2. The second kappa shape index (κ2) is 9.12. The summed E-state index contributed by atoms with van der Waals surface area (Å²) < 4.78 is 7.17. The van der Waals surface area contributed by atoms with E-state index in [-0.39, 0.29) is 17.0 Å². The molecule has 0 atom stereocenters. The van der Waals surface area contributed by atoms with Gasteiger partial charge in [-0.15, -0.1) is 0 Å². The van der Waals surface area contributed by atoms with Crippen molar-refractivity contribution in [3.8, 4) is 28.8 Å². The first-order valence-corrected chi connectivity index (χ1v) is 11.0. The normalized spacial score (nSPS) is 11.4. The molecule has 0 saturated heterocycles. The van der Waals surface area contributed by atoms with E-state index in [4.69, 9.17) is 9.84 Å². The minimum absolute atomic E-state index is 0.209. The largest absolute Gasteiger partial charge is 0.496 e. The first-order valence-electron chi connectivity index (χ1n) is 11.0. The smallest absolute Gasteiger partial charge is 0.259 e. The highest BCUT2D eigenvalue weighted by Gasteiger charge is 2.15. The number of nitriles is 1. The number of hydrogen-bond acceptors (Lipinski definition) is 5. The number of nitrogens with one attached hydrogen (secondary N) is 1. The molecule has 7 nitrogen and oxygen atoms in total. The number of benzene rings is 3. The Morgan fingerprint density at radius 2 is 1.86 bits per heavy atom. The molecule has 0 bridgehead atoms. The van der Waals surface area contributed by atoms with Crippen molar-refractivity contribution in [2.75, 3.05) is 7.11 Å². The maximum absolute atomic E-state index is 12.6. The predicted molar refractivity (Wildman–Crippen MR) is 136 cm³/mol. The van der Waals surface area contributed by atoms with Gasteiger partial charge in [0, 0.05) is 17.3 Å². The summed E-state index contributed by atoms with van der Waals surface area (Å²) in [5, 5.41) is 15.3. The third-order valence-corrected chi connectivity index (χ3v) is 5.72. The molecule has 0 aliphatic rings. The quantitative estimate of drug-likeness (QED) is 0.366. The van der Waals surface area contributed by atoms with Gasteiger partial charge in [0.2, 0.25) is 0 Å². The molecule has 2 aromatic heterocycles. The highest BCUT2D eigenvalue weighted by atomic mass is 16.5. The number of aromatic amines is 1. The van der Waals surface area contributed by atoms with Gasteiger partial charge in [0.15, 0.2) is 5.82 Å². The lowest BCUT2D eigenvalue weighted by molar-refractivity contribution is 0.412. The monoisotopic (exact) mass is 459 g/mol. The van der Waals surface area contributed by atoms with Gasteiger partial charge in [0.1, 0.15) is 17.5 Å². The summed E-state index contributed by atoms with van der Waals surface area (Å²) in [7, 11) is 1.64. The maximum Gasteiger partial charge on any atom is 0.259 e. The highest BCUT2D eigenvalue weighted by molar-refractivity contribution is 5.91. The number of allylic oxidation sites excluding steroid dienone is 1. The van der Waals surface area contributed by atoms with Gasteiger partial charge in [-0.25, -0.2) is 9.67 Å². The molecule has 0 unspecified atom stereocenters. The number of H-pyrrole nitrogens is 1. The fourth-order valence-electron chi connectivity index (χ4n) is 3.98. The van der Waals surface area contributed by atoms with Crippen molar-refractivity contribution >= 4 is 22.6 Å². The van der Waals surface area contributed by atoms with E-state index in [0.717, 1.165) is 22.6 Å². The summed E-state index contributed by atoms with van der Waals surface area (Å²) in [5.74, 6) is 0.990. The van der Waals surface area contributed by atoms with Crippen LogP contribution in [-0.2, 0) is 0 Å². The summed E-state index contributed by atoms with van der Waals surface area (Å²) in [5.41, 5.74) is 4.59. The molecule has 1 N–H and O–H groups in total. The van der Waals surface area contributed by atoms with E-state index < -0.39 is 0 Å². The number of hydrogen-bond donors (Lipinski definition) is 1. The Balaban J connectivity index is 1.69. The summed E-state index contributed by atoms with van der Waals surface area (Å²) in [4.78, 5) is 19.8. The van der Waals surface area contributed by atoms with Crippen molar-refractivity contribution in [3.05, 3.63) is 106 Å². The molecule has 35 heavy (non-hydrogen) atoms. The second-order valence-corrected chi connectivity index (χ2v) is 8.00. The van der Waals surface area contributed by atoms with Crippen LogP contribution in [0.15, 0.2) is 83.8 Å². The van der Waals surface area contributed by atoms with Crippen molar-refractivity contribution in [2.24, 2.45) is 0 Å². The minimum atomic E-state index is -0.294. The predicted octanol–water partition coefficient (Wildman–Crippen LogP) is 5.16. The van der Waals surface area contributed by atoms with Crippen molar-refractivity contribution in [1.29, 1.82) is 5.26 Å². The fourth-order valence-corrected chi connectivity index (χ4v) is 3.98. The van der Waals surface area contributed by atoms with E-state index in [1.807, 2.05) is 67.7 Å². The van der Waals surface area contributed by atoms with Crippen LogP contribution in [0.25, 0.3) is 39.5 Å². The van der Waals surface area contributed by atoms with Crippen LogP contribution in [-0.4, -0.2) is 26.9 Å². The summed E-state index contributed by atoms with van der Waals surface area (Å²) >= 11 is 0. The van der Waals surface area contributed by atoms with Crippen LogP contribution in [0.1, 0.15) is 17.0 Å². The molecule has 0 fully saturated rings. The van der Waals surface area contributed by atoms with Crippen LogP contribution in [0, 0.1) is 18.3 Å². The topological polar surface area (TPSA) is 96.6 Å². The van der Waals surface area contributed by atoms with E-state index >= 15 is 0 Å². The number of rotatable bonds is 5. The van der Waals surface area contributed by atoms with Crippen LogP contribution in [0.3, 0.4) is 0 Å². The van der Waals surface area contributed by atoms with Gasteiger partial charge in [-0.2, -0.15) is 10.4 Å². The van der Waals surface area contributed by atoms with E-state index in [1.165, 1.54) is 0 Å². The van der Waals surface area contributed by atoms with E-state index in [1.54, 1.807) is 36.1 Å². The number of para-hydroxylation sites is 2. The van der Waals surface area contributed by atoms with Crippen LogP contribution >= 0.6 is 0 Å². The number of aromatic nitrogens is 4. The molecule has 2 heterocycles. The Morgan fingerprint density at radius 3 is 2.60 bits per heavy atom. The Kier molecular flexibility index (Phi) is 5.70. The van der Waals surface area contributed by atoms with Crippen LogP contribution in [0.2, 0.25) is 0 Å². The van der Waals surface area contributed by atoms with Crippen molar-refractivity contribution in [2.45, 2.75) is 6.92 Å². The SMILES string of the molecule is COc1ccc(-c2nn(-c3ccccc3)cc2C=C(C#N)c2nc3ccccc3c(=O)[nH]2)cc1C. The Bertz CT molecular complexity index is 1670. The fraction of sp³-hybridized carbons (Fsp3) is 0.0714. The van der Waals surface area contributed by atoms with Gasteiger partial charge in [-0.1, -0.05) is 30.3 Å². The number of aryl methyl sites for hydroxylation is 1. The molecule has 0 spiro atoms. The third kappa shape index (κ3) is 4.21. The maximum atomic E-state index is 12.6. The number of nitrogens with zero attached hydrogens (tertiary/aromatic N) is 4. The number of methoxy groups -OCH3 is 1. The van der Waals surface area contributed by atoms with Crippen molar-refractivity contribution < 1.29 is 4.74 Å². The average Bonchev–Trinajstić information content (AvgIpc) is 3.31. The van der Waals surface area contributed by atoms with Gasteiger partial charge in [0.05, 0.1) is 29.3 Å². The molecule has 7 heteroatoms.